The molecule has 2 nitrogen and oxygen atoms in total. The highest BCUT2D eigenvalue weighted by Crippen LogP contribution is 2.31. The van der Waals surface area contributed by atoms with Gasteiger partial charge in [-0.15, -0.1) is 0 Å². The van der Waals surface area contributed by atoms with Crippen LogP contribution < -0.4 is 0 Å². The van der Waals surface area contributed by atoms with Crippen molar-refractivity contribution in [1.29, 1.82) is 0 Å². The summed E-state index contributed by atoms with van der Waals surface area (Å²) >= 11 is 0. The van der Waals surface area contributed by atoms with Crippen LogP contribution >= 0.6 is 0 Å². The predicted octanol–water partition coefficient (Wildman–Crippen LogP) is 1.53. The molecule has 0 aliphatic heterocycles. The van der Waals surface area contributed by atoms with Crippen LogP contribution in [0.1, 0.15) is 12.8 Å². The van der Waals surface area contributed by atoms with Crippen LogP contribution in [0.15, 0.2) is 12.0 Å². The minimum Gasteiger partial charge on any atom is -0.469 e. The van der Waals surface area contributed by atoms with Gasteiger partial charge in [0, 0.05) is 0 Å². The molecule has 0 heterocycles. The summed E-state index contributed by atoms with van der Waals surface area (Å²) in [5.74, 6) is 1.37. The first-order chi connectivity index (χ1) is 4.36. The Morgan fingerprint density at radius 1 is 1.33 bits per heavy atom. The maximum absolute atomic E-state index is 4.89. The number of hydrogen-bond donors (Lipinski definition) is 0. The molecule has 0 aromatic heterocycles. The van der Waals surface area contributed by atoms with Crippen LogP contribution in [-0.4, -0.2) is 14.2 Å². The van der Waals surface area contributed by atoms with Crippen molar-refractivity contribution in [1.82, 2.24) is 0 Å². The lowest BCUT2D eigenvalue weighted by Gasteiger charge is -2.01. The third-order valence-corrected chi connectivity index (χ3v) is 1.40. The quantitative estimate of drug-likeness (QED) is 0.536. The number of methoxy groups -OCH3 is 2. The van der Waals surface area contributed by atoms with E-state index in [4.69, 9.17) is 9.47 Å². The largest absolute Gasteiger partial charge is 0.469 e. The Bertz CT molecular complexity index is 108. The second-order valence-electron chi connectivity index (χ2n) is 2.23. The Morgan fingerprint density at radius 2 is 1.89 bits per heavy atom. The fourth-order valence-electron chi connectivity index (χ4n) is 0.675. The molecule has 0 amide bonds. The highest BCUT2D eigenvalue weighted by atomic mass is 16.7. The lowest BCUT2D eigenvalue weighted by Crippen LogP contribution is -1.89. The zero-order valence-corrected chi connectivity index (χ0v) is 5.89. The van der Waals surface area contributed by atoms with E-state index >= 15 is 0 Å². The monoisotopic (exact) mass is 128 g/mol. The average molecular weight is 128 g/mol. The molecule has 1 saturated carbocycles. The topological polar surface area (TPSA) is 18.5 Å². The minimum atomic E-state index is 0.650. The van der Waals surface area contributed by atoms with E-state index in [1.54, 1.807) is 14.2 Å². The summed E-state index contributed by atoms with van der Waals surface area (Å²) in [6.07, 6.45) is 4.60. The molecule has 0 unspecified atom stereocenters. The number of allylic oxidation sites excluding steroid dienone is 1. The Balaban J connectivity index is 2.32. The van der Waals surface area contributed by atoms with E-state index in [0.717, 1.165) is 5.92 Å². The summed E-state index contributed by atoms with van der Waals surface area (Å²) in [4.78, 5) is 0. The molecule has 1 rings (SSSR count). The molecule has 1 fully saturated rings. The Labute approximate surface area is 55.5 Å². The fourth-order valence-corrected chi connectivity index (χ4v) is 0.675. The van der Waals surface area contributed by atoms with Crippen molar-refractivity contribution in [3.05, 3.63) is 12.0 Å². The zero-order valence-electron chi connectivity index (χ0n) is 5.89. The van der Waals surface area contributed by atoms with Gasteiger partial charge in [-0.05, 0) is 24.8 Å². The summed E-state index contributed by atoms with van der Waals surface area (Å²) in [6, 6.07) is 0. The van der Waals surface area contributed by atoms with Crippen molar-refractivity contribution in [3.63, 3.8) is 0 Å². The Morgan fingerprint density at radius 3 is 2.22 bits per heavy atom. The van der Waals surface area contributed by atoms with E-state index in [-0.39, 0.29) is 0 Å². The van der Waals surface area contributed by atoms with E-state index in [2.05, 4.69) is 0 Å². The SMILES string of the molecule is COC(=CC1CC1)OC. The predicted molar refractivity (Wildman–Crippen MR) is 34.8 cm³/mol. The normalized spacial score (nSPS) is 16.7. The molecular formula is C7H12O2. The number of ether oxygens (including phenoxy) is 2. The standard InChI is InChI=1S/C7H12O2/c1-8-7(9-2)5-6-3-4-6/h5-6H,3-4H2,1-2H3. The van der Waals surface area contributed by atoms with Gasteiger partial charge in [-0.25, -0.2) is 0 Å². The maximum Gasteiger partial charge on any atom is 0.274 e. The van der Waals surface area contributed by atoms with Crippen LogP contribution in [-0.2, 0) is 9.47 Å². The first-order valence-corrected chi connectivity index (χ1v) is 3.16. The van der Waals surface area contributed by atoms with Crippen LogP contribution in [0.4, 0.5) is 0 Å². The van der Waals surface area contributed by atoms with E-state index in [9.17, 15) is 0 Å². The van der Waals surface area contributed by atoms with Crippen LogP contribution in [0, 0.1) is 5.92 Å². The summed E-state index contributed by atoms with van der Waals surface area (Å²) in [6.45, 7) is 0. The molecule has 52 valence electrons. The van der Waals surface area contributed by atoms with Gasteiger partial charge < -0.3 is 9.47 Å². The van der Waals surface area contributed by atoms with Gasteiger partial charge >= 0.3 is 0 Å². The lowest BCUT2D eigenvalue weighted by molar-refractivity contribution is 0.0935. The van der Waals surface area contributed by atoms with Crippen LogP contribution in [0.5, 0.6) is 0 Å². The molecule has 1 aliphatic carbocycles. The molecule has 0 aromatic rings. The summed E-state index contributed by atoms with van der Waals surface area (Å²) in [7, 11) is 3.25. The third kappa shape index (κ3) is 1.96. The van der Waals surface area contributed by atoms with Gasteiger partial charge in [-0.3, -0.25) is 0 Å². The minimum absolute atomic E-state index is 0.650. The summed E-state index contributed by atoms with van der Waals surface area (Å²) in [5.41, 5.74) is 0. The highest BCUT2D eigenvalue weighted by Gasteiger charge is 2.19. The number of rotatable bonds is 3. The van der Waals surface area contributed by atoms with Crippen molar-refractivity contribution in [2.24, 2.45) is 5.92 Å². The molecular weight excluding hydrogens is 116 g/mol. The summed E-state index contributed by atoms with van der Waals surface area (Å²) in [5, 5.41) is 0. The smallest absolute Gasteiger partial charge is 0.274 e. The molecule has 0 N–H and O–H groups in total. The zero-order chi connectivity index (χ0) is 6.69. The second kappa shape index (κ2) is 2.76. The second-order valence-corrected chi connectivity index (χ2v) is 2.23. The molecule has 0 atom stereocenters. The van der Waals surface area contributed by atoms with E-state index in [1.165, 1.54) is 12.8 Å². The van der Waals surface area contributed by atoms with Gasteiger partial charge in [0.2, 0.25) is 0 Å². The Hall–Kier alpha value is -0.660. The molecule has 0 radical (unpaired) electrons. The van der Waals surface area contributed by atoms with Gasteiger partial charge in [0.25, 0.3) is 5.95 Å². The molecule has 0 bridgehead atoms. The molecule has 0 aromatic carbocycles. The van der Waals surface area contributed by atoms with Crippen LogP contribution in [0.2, 0.25) is 0 Å². The van der Waals surface area contributed by atoms with Gasteiger partial charge in [0.1, 0.15) is 0 Å². The van der Waals surface area contributed by atoms with E-state index < -0.39 is 0 Å². The van der Waals surface area contributed by atoms with E-state index in [0.29, 0.717) is 5.95 Å². The van der Waals surface area contributed by atoms with Gasteiger partial charge in [-0.2, -0.15) is 0 Å². The molecule has 9 heavy (non-hydrogen) atoms. The van der Waals surface area contributed by atoms with Crippen molar-refractivity contribution < 1.29 is 9.47 Å². The van der Waals surface area contributed by atoms with Gasteiger partial charge in [0.05, 0.1) is 14.2 Å². The van der Waals surface area contributed by atoms with Crippen molar-refractivity contribution in [2.75, 3.05) is 14.2 Å². The first-order valence-electron chi connectivity index (χ1n) is 3.16. The highest BCUT2D eigenvalue weighted by molar-refractivity contribution is 4.96. The van der Waals surface area contributed by atoms with Gasteiger partial charge in [-0.1, -0.05) is 0 Å². The molecule has 0 spiro atoms. The average Bonchev–Trinajstić information content (AvgIpc) is 2.66. The summed E-state index contributed by atoms with van der Waals surface area (Å²) < 4.78 is 9.78. The first kappa shape index (κ1) is 6.46. The fraction of sp³-hybridized carbons (Fsp3) is 0.714. The molecule has 2 heteroatoms. The van der Waals surface area contributed by atoms with Gasteiger partial charge in [0.15, 0.2) is 0 Å². The van der Waals surface area contributed by atoms with Crippen LogP contribution in [0.3, 0.4) is 0 Å². The van der Waals surface area contributed by atoms with Crippen LogP contribution in [0.25, 0.3) is 0 Å². The molecule has 0 saturated heterocycles. The maximum atomic E-state index is 4.89. The Kier molecular flexibility index (Phi) is 1.98. The van der Waals surface area contributed by atoms with E-state index in [1.807, 2.05) is 6.08 Å². The number of hydrogen-bond acceptors (Lipinski definition) is 2. The molecule has 1 aliphatic rings. The van der Waals surface area contributed by atoms with Crippen molar-refractivity contribution in [3.8, 4) is 0 Å². The van der Waals surface area contributed by atoms with Crippen molar-refractivity contribution in [2.45, 2.75) is 12.8 Å². The van der Waals surface area contributed by atoms with Crippen molar-refractivity contribution >= 4 is 0 Å². The lowest BCUT2D eigenvalue weighted by atomic mass is 10.4. The third-order valence-electron chi connectivity index (χ3n) is 1.40.